The molecule has 0 heterocycles. The number of nitrogens with one attached hydrogen (secondary N) is 2. The minimum absolute atomic E-state index is 0.122. The van der Waals surface area contributed by atoms with E-state index >= 15 is 0 Å². The van der Waals surface area contributed by atoms with Gasteiger partial charge in [0, 0.05) is 11.5 Å². The van der Waals surface area contributed by atoms with Crippen LogP contribution in [0.3, 0.4) is 0 Å². The van der Waals surface area contributed by atoms with Crippen LogP contribution in [-0.2, 0) is 19.6 Å². The second-order valence-corrected chi connectivity index (χ2v) is 8.30. The van der Waals surface area contributed by atoms with E-state index in [-0.39, 0.29) is 28.1 Å². The summed E-state index contributed by atoms with van der Waals surface area (Å²) < 4.78 is 26.7. The van der Waals surface area contributed by atoms with Gasteiger partial charge in [0.2, 0.25) is 5.91 Å². The van der Waals surface area contributed by atoms with Crippen LogP contribution in [0, 0.1) is 5.92 Å². The summed E-state index contributed by atoms with van der Waals surface area (Å²) >= 11 is 0. The van der Waals surface area contributed by atoms with Crippen LogP contribution >= 0.6 is 0 Å². The molecule has 0 spiro atoms. The standard InChI is InChI=1S/C18H24N2O5S/c1-12(19-18(23)14-7-4-3-5-8-14)17(22)20-26(24,25)16-10-6-9-15(11-16)13(2)21/h6,9-12,14H,3-5,7-8H2,1-2H3,(H,19,23)(H,20,22)/t12-/m0/s1. The van der Waals surface area contributed by atoms with Crippen molar-refractivity contribution in [2.75, 3.05) is 0 Å². The first-order chi connectivity index (χ1) is 12.2. The average molecular weight is 380 g/mol. The van der Waals surface area contributed by atoms with Crippen LogP contribution in [0.5, 0.6) is 0 Å². The molecule has 26 heavy (non-hydrogen) atoms. The largest absolute Gasteiger partial charge is 0.344 e. The van der Waals surface area contributed by atoms with Crippen LogP contribution in [0.2, 0.25) is 0 Å². The fourth-order valence-electron chi connectivity index (χ4n) is 2.92. The van der Waals surface area contributed by atoms with Crippen molar-refractivity contribution in [3.8, 4) is 0 Å². The molecule has 0 radical (unpaired) electrons. The number of hydrogen-bond acceptors (Lipinski definition) is 5. The van der Waals surface area contributed by atoms with E-state index in [1.54, 1.807) is 0 Å². The number of carbonyl (C=O) groups is 3. The van der Waals surface area contributed by atoms with Crippen molar-refractivity contribution in [2.24, 2.45) is 5.92 Å². The van der Waals surface area contributed by atoms with E-state index in [0.29, 0.717) is 0 Å². The lowest BCUT2D eigenvalue weighted by molar-refractivity contribution is -0.130. The molecule has 2 rings (SSSR count). The van der Waals surface area contributed by atoms with Gasteiger partial charge < -0.3 is 5.32 Å². The number of rotatable bonds is 6. The number of hydrogen-bond donors (Lipinski definition) is 2. The first kappa shape index (κ1) is 20.1. The third-order valence-electron chi connectivity index (χ3n) is 4.51. The molecule has 1 aliphatic rings. The number of sulfonamides is 1. The summed E-state index contributed by atoms with van der Waals surface area (Å²) in [6.07, 6.45) is 4.66. The molecule has 7 nitrogen and oxygen atoms in total. The van der Waals surface area contributed by atoms with Crippen molar-refractivity contribution < 1.29 is 22.8 Å². The predicted molar refractivity (Wildman–Crippen MR) is 96.0 cm³/mol. The highest BCUT2D eigenvalue weighted by Gasteiger charge is 2.27. The molecule has 1 aliphatic carbocycles. The maximum Gasteiger partial charge on any atom is 0.264 e. The predicted octanol–water partition coefficient (Wildman–Crippen LogP) is 1.78. The second kappa shape index (κ2) is 8.44. The second-order valence-electron chi connectivity index (χ2n) is 6.62. The monoisotopic (exact) mass is 380 g/mol. The van der Waals surface area contributed by atoms with E-state index in [0.717, 1.165) is 32.1 Å². The molecule has 0 bridgehead atoms. The van der Waals surface area contributed by atoms with Gasteiger partial charge in [-0.3, -0.25) is 14.4 Å². The Balaban J connectivity index is 2.01. The Labute approximate surface area is 153 Å². The Bertz CT molecular complexity index is 798. The van der Waals surface area contributed by atoms with Crippen molar-refractivity contribution in [3.05, 3.63) is 29.8 Å². The zero-order valence-corrected chi connectivity index (χ0v) is 15.8. The molecule has 1 atom stereocenters. The van der Waals surface area contributed by atoms with E-state index in [1.807, 2.05) is 4.72 Å². The van der Waals surface area contributed by atoms with Crippen molar-refractivity contribution in [2.45, 2.75) is 56.9 Å². The van der Waals surface area contributed by atoms with Gasteiger partial charge in [-0.1, -0.05) is 31.4 Å². The van der Waals surface area contributed by atoms with Crippen LogP contribution in [0.1, 0.15) is 56.3 Å². The topological polar surface area (TPSA) is 109 Å². The fourth-order valence-corrected chi connectivity index (χ4v) is 4.02. The average Bonchev–Trinajstić information content (AvgIpc) is 2.62. The number of Topliss-reactive ketones (excluding diaryl/α,β-unsaturated/α-hetero) is 1. The van der Waals surface area contributed by atoms with Gasteiger partial charge in [0.1, 0.15) is 6.04 Å². The summed E-state index contributed by atoms with van der Waals surface area (Å²) in [6, 6.07) is 4.46. The maximum absolute atomic E-state index is 12.4. The highest BCUT2D eigenvalue weighted by Crippen LogP contribution is 2.23. The summed E-state index contributed by atoms with van der Waals surface area (Å²) in [7, 11) is -4.12. The fraction of sp³-hybridized carbons (Fsp3) is 0.500. The zero-order chi connectivity index (χ0) is 19.3. The highest BCUT2D eigenvalue weighted by molar-refractivity contribution is 7.90. The molecule has 0 aromatic heterocycles. The lowest BCUT2D eigenvalue weighted by Crippen LogP contribution is -2.48. The first-order valence-corrected chi connectivity index (χ1v) is 10.2. The number of amides is 2. The van der Waals surface area contributed by atoms with Crippen LogP contribution in [-0.4, -0.2) is 32.1 Å². The van der Waals surface area contributed by atoms with Crippen LogP contribution in [0.15, 0.2) is 29.2 Å². The van der Waals surface area contributed by atoms with Crippen molar-refractivity contribution in [3.63, 3.8) is 0 Å². The molecule has 1 saturated carbocycles. The normalized spacial score (nSPS) is 16.5. The van der Waals surface area contributed by atoms with Gasteiger partial charge in [-0.15, -0.1) is 0 Å². The Morgan fingerprint density at radius 3 is 2.38 bits per heavy atom. The highest BCUT2D eigenvalue weighted by atomic mass is 32.2. The first-order valence-electron chi connectivity index (χ1n) is 8.69. The van der Waals surface area contributed by atoms with Gasteiger partial charge >= 0.3 is 0 Å². The maximum atomic E-state index is 12.4. The molecule has 0 unspecified atom stereocenters. The number of carbonyl (C=O) groups excluding carboxylic acids is 3. The Morgan fingerprint density at radius 2 is 1.77 bits per heavy atom. The molecule has 0 saturated heterocycles. The van der Waals surface area contributed by atoms with E-state index in [4.69, 9.17) is 0 Å². The Hall–Kier alpha value is -2.22. The molecule has 1 fully saturated rings. The zero-order valence-electron chi connectivity index (χ0n) is 14.9. The minimum atomic E-state index is -4.12. The summed E-state index contributed by atoms with van der Waals surface area (Å²) in [4.78, 5) is 35.6. The minimum Gasteiger partial charge on any atom is -0.344 e. The third kappa shape index (κ3) is 5.14. The van der Waals surface area contributed by atoms with Crippen LogP contribution in [0.25, 0.3) is 0 Å². The van der Waals surface area contributed by atoms with Gasteiger partial charge in [0.25, 0.3) is 15.9 Å². The lowest BCUT2D eigenvalue weighted by Gasteiger charge is -2.22. The Morgan fingerprint density at radius 1 is 1.12 bits per heavy atom. The SMILES string of the molecule is CC(=O)c1cccc(S(=O)(=O)NC(=O)[C@H](C)NC(=O)C2CCCCC2)c1. The van der Waals surface area contributed by atoms with Gasteiger partial charge in [-0.25, -0.2) is 13.1 Å². The van der Waals surface area contributed by atoms with Gasteiger partial charge in [0.15, 0.2) is 5.78 Å². The number of benzene rings is 1. The van der Waals surface area contributed by atoms with Crippen molar-refractivity contribution in [1.82, 2.24) is 10.0 Å². The quantitative estimate of drug-likeness (QED) is 0.731. The summed E-state index contributed by atoms with van der Waals surface area (Å²) in [5.74, 6) is -1.44. The van der Waals surface area contributed by atoms with Crippen molar-refractivity contribution >= 4 is 27.6 Å². The Kier molecular flexibility index (Phi) is 6.52. The van der Waals surface area contributed by atoms with E-state index in [2.05, 4.69) is 5.32 Å². The molecule has 2 amide bonds. The lowest BCUT2D eigenvalue weighted by atomic mass is 9.88. The molecule has 1 aromatic rings. The summed E-state index contributed by atoms with van der Waals surface area (Å²) in [5.41, 5.74) is 0.235. The van der Waals surface area contributed by atoms with E-state index < -0.39 is 22.0 Å². The summed E-state index contributed by atoms with van der Waals surface area (Å²) in [6.45, 7) is 2.77. The smallest absolute Gasteiger partial charge is 0.264 e. The molecule has 0 aliphatic heterocycles. The van der Waals surface area contributed by atoms with Gasteiger partial charge in [-0.05, 0) is 38.8 Å². The van der Waals surface area contributed by atoms with Gasteiger partial charge in [-0.2, -0.15) is 0 Å². The van der Waals surface area contributed by atoms with Crippen LogP contribution in [0.4, 0.5) is 0 Å². The van der Waals surface area contributed by atoms with Crippen LogP contribution < -0.4 is 10.0 Å². The molecule has 1 aromatic carbocycles. The molecule has 2 N–H and O–H groups in total. The molecular formula is C18H24N2O5S. The third-order valence-corrected chi connectivity index (χ3v) is 5.86. The van der Waals surface area contributed by atoms with Crippen molar-refractivity contribution in [1.29, 1.82) is 0 Å². The van der Waals surface area contributed by atoms with Gasteiger partial charge in [0.05, 0.1) is 4.90 Å². The molecule has 142 valence electrons. The number of ketones is 1. The summed E-state index contributed by atoms with van der Waals surface area (Å²) in [5, 5.41) is 2.58. The molecule has 8 heteroatoms. The van der Waals surface area contributed by atoms with E-state index in [1.165, 1.54) is 38.1 Å². The van der Waals surface area contributed by atoms with E-state index in [9.17, 15) is 22.8 Å². The molecular weight excluding hydrogens is 356 g/mol.